The standard InChI is InChI=1S/C10H14O5S/c1-2-3-5(9(11)12)8-7-6(4-16-8)14-10(13)15-7/h5-8H,2-4H2,1H3,(H,11,12)/t5?,6-,7-,8-/m0/s1. The molecule has 4 atom stereocenters. The van der Waals surface area contributed by atoms with Crippen molar-refractivity contribution >= 4 is 23.9 Å². The molecule has 0 aromatic carbocycles. The molecule has 90 valence electrons. The lowest BCUT2D eigenvalue weighted by atomic mass is 9.94. The van der Waals surface area contributed by atoms with Crippen LogP contribution in [-0.4, -0.2) is 40.4 Å². The first-order valence-corrected chi connectivity index (χ1v) is 6.40. The highest BCUT2D eigenvalue weighted by atomic mass is 32.2. The molecule has 6 heteroatoms. The number of fused-ring (bicyclic) bond motifs is 1. The second-order valence-corrected chi connectivity index (χ2v) is 5.23. The minimum atomic E-state index is -0.817. The number of hydrogen-bond acceptors (Lipinski definition) is 5. The fourth-order valence-electron chi connectivity index (χ4n) is 2.20. The van der Waals surface area contributed by atoms with E-state index in [1.165, 1.54) is 11.8 Å². The first kappa shape index (κ1) is 11.6. The highest BCUT2D eigenvalue weighted by Crippen LogP contribution is 2.41. The molecule has 5 nitrogen and oxygen atoms in total. The Hall–Kier alpha value is -0.910. The minimum absolute atomic E-state index is 0.172. The van der Waals surface area contributed by atoms with E-state index in [1.54, 1.807) is 0 Å². The molecule has 16 heavy (non-hydrogen) atoms. The molecular formula is C10H14O5S. The molecule has 2 saturated heterocycles. The maximum Gasteiger partial charge on any atom is 0.509 e. The number of carboxylic acids is 1. The van der Waals surface area contributed by atoms with Gasteiger partial charge in [0.1, 0.15) is 0 Å². The Morgan fingerprint density at radius 3 is 3.00 bits per heavy atom. The van der Waals surface area contributed by atoms with Gasteiger partial charge in [-0.05, 0) is 6.42 Å². The third-order valence-electron chi connectivity index (χ3n) is 2.94. The Morgan fingerprint density at radius 2 is 2.38 bits per heavy atom. The quantitative estimate of drug-likeness (QED) is 0.758. The molecule has 0 bridgehead atoms. The topological polar surface area (TPSA) is 72.8 Å². The van der Waals surface area contributed by atoms with Gasteiger partial charge in [-0.2, -0.15) is 0 Å². The van der Waals surface area contributed by atoms with Crippen molar-refractivity contribution in [3.05, 3.63) is 0 Å². The number of aliphatic carboxylic acids is 1. The van der Waals surface area contributed by atoms with Crippen molar-refractivity contribution in [2.45, 2.75) is 37.2 Å². The van der Waals surface area contributed by atoms with Crippen LogP contribution in [0.4, 0.5) is 4.79 Å². The molecule has 2 aliphatic heterocycles. The zero-order valence-corrected chi connectivity index (χ0v) is 9.74. The molecule has 0 spiro atoms. The molecule has 2 rings (SSSR count). The zero-order chi connectivity index (χ0) is 11.7. The number of carbonyl (C=O) groups is 2. The second-order valence-electron chi connectivity index (χ2n) is 4.02. The lowest BCUT2D eigenvalue weighted by Gasteiger charge is -2.21. The largest absolute Gasteiger partial charge is 0.509 e. The summed E-state index contributed by atoms with van der Waals surface area (Å²) in [6.45, 7) is 1.95. The van der Waals surface area contributed by atoms with Crippen LogP contribution in [0, 0.1) is 5.92 Å². The summed E-state index contributed by atoms with van der Waals surface area (Å²) in [7, 11) is 0. The van der Waals surface area contributed by atoms with Gasteiger partial charge in [0, 0.05) is 5.75 Å². The van der Waals surface area contributed by atoms with E-state index < -0.39 is 18.0 Å². The molecule has 2 aliphatic rings. The summed E-state index contributed by atoms with van der Waals surface area (Å²) in [4.78, 5) is 22.1. The Balaban J connectivity index is 2.08. The predicted octanol–water partition coefficient (Wildman–Crippen LogP) is 1.51. The molecule has 0 aliphatic carbocycles. The van der Waals surface area contributed by atoms with Crippen molar-refractivity contribution in [3.8, 4) is 0 Å². The molecule has 0 amide bonds. The number of thioether (sulfide) groups is 1. The van der Waals surface area contributed by atoms with Crippen molar-refractivity contribution in [1.29, 1.82) is 0 Å². The Labute approximate surface area is 97.5 Å². The van der Waals surface area contributed by atoms with Crippen LogP contribution >= 0.6 is 11.8 Å². The van der Waals surface area contributed by atoms with Crippen LogP contribution in [0.3, 0.4) is 0 Å². The van der Waals surface area contributed by atoms with Crippen LogP contribution in [0.5, 0.6) is 0 Å². The number of hydrogen-bond donors (Lipinski definition) is 1. The van der Waals surface area contributed by atoms with Crippen molar-refractivity contribution in [2.24, 2.45) is 5.92 Å². The molecule has 1 N–H and O–H groups in total. The summed E-state index contributed by atoms with van der Waals surface area (Å²) in [5.74, 6) is -0.642. The molecule has 0 radical (unpaired) electrons. The molecular weight excluding hydrogens is 232 g/mol. The summed E-state index contributed by atoms with van der Waals surface area (Å²) in [6.07, 6.45) is 0.0980. The molecule has 0 aromatic rings. The second kappa shape index (κ2) is 4.53. The zero-order valence-electron chi connectivity index (χ0n) is 8.92. The first-order chi connectivity index (χ1) is 7.63. The molecule has 0 aromatic heterocycles. The Morgan fingerprint density at radius 1 is 1.62 bits per heavy atom. The van der Waals surface area contributed by atoms with Crippen LogP contribution in [0.2, 0.25) is 0 Å². The number of carbonyl (C=O) groups excluding carboxylic acids is 1. The minimum Gasteiger partial charge on any atom is -0.481 e. The van der Waals surface area contributed by atoms with Gasteiger partial charge in [0.25, 0.3) is 0 Å². The summed E-state index contributed by atoms with van der Waals surface area (Å²) < 4.78 is 9.98. The van der Waals surface area contributed by atoms with Gasteiger partial charge in [-0.25, -0.2) is 4.79 Å². The van der Waals surface area contributed by atoms with E-state index in [4.69, 9.17) is 14.6 Å². The van der Waals surface area contributed by atoms with Crippen molar-refractivity contribution < 1.29 is 24.2 Å². The fraction of sp³-hybridized carbons (Fsp3) is 0.800. The average Bonchev–Trinajstić information content (AvgIpc) is 2.73. The summed E-state index contributed by atoms with van der Waals surface area (Å²) in [5, 5.41) is 8.98. The summed E-state index contributed by atoms with van der Waals surface area (Å²) in [6, 6.07) is 0. The van der Waals surface area contributed by atoms with Gasteiger partial charge < -0.3 is 14.6 Å². The van der Waals surface area contributed by atoms with Crippen LogP contribution in [0.1, 0.15) is 19.8 Å². The van der Waals surface area contributed by atoms with Crippen molar-refractivity contribution in [1.82, 2.24) is 0 Å². The van der Waals surface area contributed by atoms with E-state index in [0.29, 0.717) is 12.2 Å². The van der Waals surface area contributed by atoms with Crippen LogP contribution in [0.25, 0.3) is 0 Å². The van der Waals surface area contributed by atoms with E-state index >= 15 is 0 Å². The highest BCUT2D eigenvalue weighted by Gasteiger charge is 2.51. The molecule has 2 heterocycles. The lowest BCUT2D eigenvalue weighted by Crippen LogP contribution is -2.36. The predicted molar refractivity (Wildman–Crippen MR) is 57.4 cm³/mol. The van der Waals surface area contributed by atoms with Gasteiger partial charge in [-0.1, -0.05) is 13.3 Å². The fourth-order valence-corrected chi connectivity index (χ4v) is 3.77. The molecule has 0 saturated carbocycles. The lowest BCUT2D eigenvalue weighted by molar-refractivity contribution is -0.142. The normalized spacial score (nSPS) is 34.1. The number of rotatable bonds is 4. The van der Waals surface area contributed by atoms with E-state index in [9.17, 15) is 9.59 Å². The maximum absolute atomic E-state index is 11.2. The van der Waals surface area contributed by atoms with Crippen LogP contribution in [0.15, 0.2) is 0 Å². The maximum atomic E-state index is 11.2. The monoisotopic (exact) mass is 246 g/mol. The molecule has 2 fully saturated rings. The smallest absolute Gasteiger partial charge is 0.481 e. The van der Waals surface area contributed by atoms with Gasteiger partial charge >= 0.3 is 12.1 Å². The van der Waals surface area contributed by atoms with E-state index in [1.807, 2.05) is 6.92 Å². The van der Waals surface area contributed by atoms with Gasteiger partial charge in [0.15, 0.2) is 12.2 Å². The Kier molecular flexibility index (Phi) is 3.28. The third kappa shape index (κ3) is 1.98. The van der Waals surface area contributed by atoms with Gasteiger partial charge in [0.2, 0.25) is 0 Å². The third-order valence-corrected chi connectivity index (χ3v) is 4.44. The van der Waals surface area contributed by atoms with Crippen molar-refractivity contribution in [2.75, 3.05) is 5.75 Å². The van der Waals surface area contributed by atoms with Gasteiger partial charge in [-0.3, -0.25) is 4.79 Å². The number of ether oxygens (including phenoxy) is 2. The highest BCUT2D eigenvalue weighted by molar-refractivity contribution is 8.00. The first-order valence-electron chi connectivity index (χ1n) is 5.35. The van der Waals surface area contributed by atoms with E-state index in [0.717, 1.165) is 6.42 Å². The van der Waals surface area contributed by atoms with E-state index in [2.05, 4.69) is 0 Å². The summed E-state index contributed by atoms with van der Waals surface area (Å²) >= 11 is 1.53. The van der Waals surface area contributed by atoms with Gasteiger partial charge in [-0.15, -0.1) is 11.8 Å². The number of carboxylic acid groups (broad SMARTS) is 1. The SMILES string of the molecule is CCCC(C(=O)O)[C@@H]1SC[C@@H]2OC(=O)O[C@@H]21. The molecule has 1 unspecified atom stereocenters. The Bertz CT molecular complexity index is 306. The van der Waals surface area contributed by atoms with Crippen molar-refractivity contribution in [3.63, 3.8) is 0 Å². The van der Waals surface area contributed by atoms with E-state index in [-0.39, 0.29) is 17.5 Å². The summed E-state index contributed by atoms with van der Waals surface area (Å²) in [5.41, 5.74) is 0. The van der Waals surface area contributed by atoms with Gasteiger partial charge in [0.05, 0.1) is 11.2 Å². The average molecular weight is 246 g/mol. The van der Waals surface area contributed by atoms with Crippen LogP contribution < -0.4 is 0 Å². The van der Waals surface area contributed by atoms with Crippen LogP contribution in [-0.2, 0) is 14.3 Å².